The van der Waals surface area contributed by atoms with E-state index in [1.165, 1.54) is 12.1 Å². The minimum atomic E-state index is -5.35. The maximum Gasteiger partial charge on any atom is 0.431 e. The molecule has 1 unspecified atom stereocenters. The fourth-order valence-corrected chi connectivity index (χ4v) is 5.06. The molecule has 0 radical (unpaired) electrons. The summed E-state index contributed by atoms with van der Waals surface area (Å²) in [4.78, 5) is 14.9. The third-order valence-corrected chi connectivity index (χ3v) is 7.60. The van der Waals surface area contributed by atoms with Crippen molar-refractivity contribution in [2.24, 2.45) is 5.92 Å². The van der Waals surface area contributed by atoms with E-state index in [0.29, 0.717) is 13.1 Å². The summed E-state index contributed by atoms with van der Waals surface area (Å²) in [6.45, 7) is 1.16. The Bertz CT molecular complexity index is 1010. The molecule has 1 amide bonds. The zero-order chi connectivity index (χ0) is 26.7. The van der Waals surface area contributed by atoms with E-state index in [0.717, 1.165) is 42.9 Å². The topological polar surface area (TPSA) is 76.2 Å². The summed E-state index contributed by atoms with van der Waals surface area (Å²) < 4.78 is 110. The molecule has 1 saturated heterocycles. The van der Waals surface area contributed by atoms with E-state index in [2.05, 4.69) is 9.64 Å². The largest absolute Gasteiger partial charge is 0.490 e. The molecule has 3 rings (SSSR count). The molecule has 36 heavy (non-hydrogen) atoms. The van der Waals surface area contributed by atoms with Crippen molar-refractivity contribution in [3.63, 3.8) is 0 Å². The van der Waals surface area contributed by atoms with Crippen molar-refractivity contribution in [2.45, 2.75) is 55.3 Å². The number of ether oxygens (including phenoxy) is 2. The second-order valence-corrected chi connectivity index (χ2v) is 11.1. The Morgan fingerprint density at radius 1 is 1.08 bits per heavy atom. The Morgan fingerprint density at radius 2 is 1.69 bits per heavy atom. The van der Waals surface area contributed by atoms with Gasteiger partial charge in [-0.15, -0.1) is 0 Å². The van der Waals surface area contributed by atoms with Gasteiger partial charge in [-0.05, 0) is 49.8 Å². The van der Waals surface area contributed by atoms with E-state index in [1.54, 1.807) is 0 Å². The maximum atomic E-state index is 14.2. The number of alkyl halides is 5. The van der Waals surface area contributed by atoms with E-state index < -0.39 is 40.5 Å². The van der Waals surface area contributed by atoms with Gasteiger partial charge in [-0.1, -0.05) is 0 Å². The first-order valence-corrected chi connectivity index (χ1v) is 13.3. The van der Waals surface area contributed by atoms with Gasteiger partial charge in [0.05, 0.1) is 11.5 Å². The van der Waals surface area contributed by atoms with Gasteiger partial charge in [-0.25, -0.2) is 26.4 Å². The summed E-state index contributed by atoms with van der Waals surface area (Å²) >= 11 is 0. The number of amides is 1. The number of halogens is 6. The minimum Gasteiger partial charge on any atom is -0.490 e. The molecular weight excluding hydrogens is 518 g/mol. The Morgan fingerprint density at radius 3 is 2.19 bits per heavy atom. The van der Waals surface area contributed by atoms with E-state index in [1.807, 2.05) is 0 Å². The van der Waals surface area contributed by atoms with Crippen LogP contribution in [0.25, 0.3) is 0 Å². The summed E-state index contributed by atoms with van der Waals surface area (Å²) in [5.41, 5.74) is 0. The lowest BCUT2D eigenvalue weighted by atomic mass is 9.85. The second kappa shape index (κ2) is 11.4. The monoisotopic (exact) mass is 546 g/mol. The molecule has 1 saturated carbocycles. The van der Waals surface area contributed by atoms with Crippen molar-refractivity contribution in [3.8, 4) is 5.75 Å². The maximum absolute atomic E-state index is 14.2. The van der Waals surface area contributed by atoms with Crippen LogP contribution in [-0.4, -0.2) is 88.1 Å². The average molecular weight is 547 g/mol. The Kier molecular flexibility index (Phi) is 9.02. The van der Waals surface area contributed by atoms with Crippen LogP contribution in [0.5, 0.6) is 5.75 Å². The van der Waals surface area contributed by atoms with Crippen LogP contribution >= 0.6 is 0 Å². The Hall–Kier alpha value is -2.22. The number of benzene rings is 1. The molecule has 1 heterocycles. The van der Waals surface area contributed by atoms with Gasteiger partial charge in [0, 0.05) is 38.5 Å². The normalized spacial score (nSPS) is 22.9. The van der Waals surface area contributed by atoms with Crippen molar-refractivity contribution in [1.29, 1.82) is 0 Å². The molecule has 1 aliphatic carbocycles. The summed E-state index contributed by atoms with van der Waals surface area (Å²) in [7, 11) is -3.52. The van der Waals surface area contributed by atoms with Gasteiger partial charge in [0.1, 0.15) is 0 Å². The third-order valence-electron chi connectivity index (χ3n) is 6.49. The molecule has 1 aromatic carbocycles. The van der Waals surface area contributed by atoms with E-state index in [4.69, 9.17) is 4.74 Å². The van der Waals surface area contributed by atoms with Crippen LogP contribution < -0.4 is 4.74 Å². The SMILES string of the molecule is CS(=O)(=O)c1ccc(OCC2CCC(N3CCN(C(=O)OC(C(F)F)C(F)(F)F)CC3)CC2)c(F)c1. The molecule has 0 aromatic heterocycles. The number of sulfone groups is 1. The van der Waals surface area contributed by atoms with Crippen LogP contribution in [0.2, 0.25) is 0 Å². The van der Waals surface area contributed by atoms with Gasteiger partial charge < -0.3 is 14.4 Å². The number of piperazine rings is 1. The summed E-state index contributed by atoms with van der Waals surface area (Å²) in [5.74, 6) is -0.606. The van der Waals surface area contributed by atoms with Crippen LogP contribution in [0, 0.1) is 11.7 Å². The van der Waals surface area contributed by atoms with Gasteiger partial charge in [-0.3, -0.25) is 4.90 Å². The first-order valence-electron chi connectivity index (χ1n) is 11.4. The van der Waals surface area contributed by atoms with E-state index in [-0.39, 0.29) is 42.3 Å². The summed E-state index contributed by atoms with van der Waals surface area (Å²) in [6, 6.07) is 3.69. The van der Waals surface area contributed by atoms with Crippen LogP contribution in [0.15, 0.2) is 23.1 Å². The van der Waals surface area contributed by atoms with Crippen molar-refractivity contribution < 1.29 is 49.0 Å². The zero-order valence-electron chi connectivity index (χ0n) is 19.5. The molecule has 0 bridgehead atoms. The van der Waals surface area contributed by atoms with Crippen LogP contribution in [-0.2, 0) is 14.6 Å². The van der Waals surface area contributed by atoms with E-state index in [9.17, 15) is 39.6 Å². The van der Waals surface area contributed by atoms with Crippen molar-refractivity contribution in [3.05, 3.63) is 24.0 Å². The fraction of sp³-hybridized carbons (Fsp3) is 0.682. The van der Waals surface area contributed by atoms with Gasteiger partial charge in [-0.2, -0.15) is 13.2 Å². The first kappa shape index (κ1) is 28.4. The number of carbonyl (C=O) groups is 1. The lowest BCUT2D eigenvalue weighted by Gasteiger charge is -2.41. The summed E-state index contributed by atoms with van der Waals surface area (Å²) in [6.07, 6.45) is -9.90. The van der Waals surface area contributed by atoms with Crippen LogP contribution in [0.3, 0.4) is 0 Å². The molecule has 1 atom stereocenters. The lowest BCUT2D eigenvalue weighted by molar-refractivity contribution is -0.238. The number of hydrogen-bond donors (Lipinski definition) is 0. The highest BCUT2D eigenvalue weighted by Gasteiger charge is 2.50. The highest BCUT2D eigenvalue weighted by Crippen LogP contribution is 2.31. The highest BCUT2D eigenvalue weighted by atomic mass is 32.2. The quantitative estimate of drug-likeness (QED) is 0.479. The van der Waals surface area contributed by atoms with Crippen LogP contribution in [0.4, 0.5) is 31.1 Å². The molecule has 204 valence electrons. The highest BCUT2D eigenvalue weighted by molar-refractivity contribution is 7.90. The first-order chi connectivity index (χ1) is 16.8. The number of rotatable bonds is 7. The average Bonchev–Trinajstić information content (AvgIpc) is 2.80. The Balaban J connectivity index is 1.41. The Labute approximate surface area is 205 Å². The lowest BCUT2D eigenvalue weighted by Crippen LogP contribution is -2.54. The molecule has 1 aromatic rings. The summed E-state index contributed by atoms with van der Waals surface area (Å²) in [5, 5.41) is 0. The third kappa shape index (κ3) is 7.40. The predicted octanol–water partition coefficient (Wildman–Crippen LogP) is 4.12. The molecule has 14 heteroatoms. The van der Waals surface area contributed by atoms with Crippen molar-refractivity contribution in [2.75, 3.05) is 39.0 Å². The zero-order valence-corrected chi connectivity index (χ0v) is 20.3. The fourth-order valence-electron chi connectivity index (χ4n) is 4.43. The predicted molar refractivity (Wildman–Crippen MR) is 116 cm³/mol. The molecule has 2 aliphatic rings. The molecule has 0 spiro atoms. The van der Waals surface area contributed by atoms with Gasteiger partial charge in [0.15, 0.2) is 21.4 Å². The molecule has 7 nitrogen and oxygen atoms in total. The standard InChI is InChI=1S/C22H28F6N2O5S/c1-36(32,33)16-6-7-18(17(23)12-16)34-13-14-2-4-15(5-3-14)29-8-10-30(11-9-29)21(31)35-19(20(24)25)22(26,27)28/h6-7,12,14-15,19-20H,2-5,8-11,13H2,1H3. The molecular formula is C22H28F6N2O5S. The van der Waals surface area contributed by atoms with Crippen molar-refractivity contribution in [1.82, 2.24) is 9.80 Å². The number of nitrogens with zero attached hydrogens (tertiary/aromatic N) is 2. The second-order valence-electron chi connectivity index (χ2n) is 9.05. The van der Waals surface area contributed by atoms with Gasteiger partial charge >= 0.3 is 12.3 Å². The number of carbonyl (C=O) groups excluding carboxylic acids is 1. The molecule has 0 N–H and O–H groups in total. The van der Waals surface area contributed by atoms with Gasteiger partial charge in [0.25, 0.3) is 12.5 Å². The smallest absolute Gasteiger partial charge is 0.431 e. The van der Waals surface area contributed by atoms with Crippen LogP contribution in [0.1, 0.15) is 25.7 Å². The van der Waals surface area contributed by atoms with Crippen molar-refractivity contribution >= 4 is 15.9 Å². The number of hydrogen-bond acceptors (Lipinski definition) is 6. The van der Waals surface area contributed by atoms with Gasteiger partial charge in [0.2, 0.25) is 0 Å². The minimum absolute atomic E-state index is 0.0212. The van der Waals surface area contributed by atoms with E-state index >= 15 is 0 Å². The molecule has 2 fully saturated rings. The molecule has 1 aliphatic heterocycles.